The van der Waals surface area contributed by atoms with Gasteiger partial charge in [-0.05, 0) is 77.4 Å². The van der Waals surface area contributed by atoms with Gasteiger partial charge < -0.3 is 75.9 Å². The molecule has 0 aromatic carbocycles. The van der Waals surface area contributed by atoms with Crippen molar-refractivity contribution in [2.75, 3.05) is 32.7 Å². The van der Waals surface area contributed by atoms with Crippen LogP contribution in [0.3, 0.4) is 0 Å². The molecule has 0 aromatic rings. The molecule has 342 valence electrons. The SMILES string of the molecule is CCCC(=O)N[C@@H](CN)C(=O)N[C@H]1CCNC(=O)[C@H]([C@@H](C)O)NC(=O)C(CCN)NC(=O)[C@H](CCN)NC(=O)[C@H](CC)NC(=O)[C@@H](CC(C)C)NC(=O)[C@H](CCN)NC1=O. The minimum absolute atomic E-state index is 0.0593. The summed E-state index contributed by atoms with van der Waals surface area (Å²) in [6, 6.07) is -10.7. The van der Waals surface area contributed by atoms with Crippen molar-refractivity contribution in [2.24, 2.45) is 28.9 Å². The molecule has 0 radical (unpaired) electrons. The lowest BCUT2D eigenvalue weighted by Crippen LogP contribution is -2.61. The van der Waals surface area contributed by atoms with Gasteiger partial charge in [-0.3, -0.25) is 43.2 Å². The molecule has 23 heteroatoms. The number of hydrogen-bond acceptors (Lipinski definition) is 14. The summed E-state index contributed by atoms with van der Waals surface area (Å²) in [6.07, 6.45) is -1.33. The average molecular weight is 856 g/mol. The molecule has 1 aliphatic heterocycles. The Morgan fingerprint density at radius 3 is 1.57 bits per heavy atom. The van der Waals surface area contributed by atoms with Crippen molar-refractivity contribution >= 4 is 53.2 Å². The van der Waals surface area contributed by atoms with E-state index in [1.54, 1.807) is 27.7 Å². The Morgan fingerprint density at radius 1 is 0.667 bits per heavy atom. The summed E-state index contributed by atoms with van der Waals surface area (Å²) in [5.41, 5.74) is 23.1. The molecule has 9 atom stereocenters. The number of carbonyl (C=O) groups excluding carboxylic acids is 9. The van der Waals surface area contributed by atoms with Crippen LogP contribution in [-0.2, 0) is 43.2 Å². The zero-order valence-corrected chi connectivity index (χ0v) is 35.4. The highest BCUT2D eigenvalue weighted by Gasteiger charge is 2.35. The number of nitrogens with one attached hydrogen (secondary N) is 9. The first-order valence-electron chi connectivity index (χ1n) is 20.5. The van der Waals surface area contributed by atoms with Gasteiger partial charge in [-0.2, -0.15) is 0 Å². The predicted octanol–water partition coefficient (Wildman–Crippen LogP) is -5.97. The highest BCUT2D eigenvalue weighted by Crippen LogP contribution is 2.09. The molecule has 23 nitrogen and oxygen atoms in total. The van der Waals surface area contributed by atoms with Crippen LogP contribution in [0.4, 0.5) is 0 Å². The van der Waals surface area contributed by atoms with Gasteiger partial charge in [0.2, 0.25) is 53.2 Å². The maximum Gasteiger partial charge on any atom is 0.245 e. The van der Waals surface area contributed by atoms with Crippen molar-refractivity contribution in [3.05, 3.63) is 0 Å². The second-order valence-electron chi connectivity index (χ2n) is 15.0. The first-order chi connectivity index (χ1) is 28.4. The minimum atomic E-state index is -1.58. The number of aliphatic hydroxyl groups is 1. The third kappa shape index (κ3) is 18.1. The van der Waals surface area contributed by atoms with E-state index < -0.39 is 108 Å². The Labute approximate surface area is 350 Å². The predicted molar refractivity (Wildman–Crippen MR) is 219 cm³/mol. The first-order valence-corrected chi connectivity index (χ1v) is 20.5. The summed E-state index contributed by atoms with van der Waals surface area (Å²) in [5.74, 6) is -7.27. The molecule has 1 heterocycles. The smallest absolute Gasteiger partial charge is 0.245 e. The fourth-order valence-corrected chi connectivity index (χ4v) is 6.10. The van der Waals surface area contributed by atoms with E-state index >= 15 is 0 Å². The van der Waals surface area contributed by atoms with Gasteiger partial charge in [0.05, 0.1) is 6.10 Å². The fraction of sp³-hybridized carbons (Fsp3) is 0.757. The molecule has 1 unspecified atom stereocenters. The summed E-state index contributed by atoms with van der Waals surface area (Å²) >= 11 is 0. The van der Waals surface area contributed by atoms with Crippen LogP contribution < -0.4 is 70.8 Å². The van der Waals surface area contributed by atoms with E-state index in [4.69, 9.17) is 22.9 Å². The molecule has 0 spiro atoms. The van der Waals surface area contributed by atoms with Gasteiger partial charge >= 0.3 is 0 Å². The molecule has 0 bridgehead atoms. The van der Waals surface area contributed by atoms with E-state index in [1.165, 1.54) is 6.92 Å². The fourth-order valence-electron chi connectivity index (χ4n) is 6.10. The minimum Gasteiger partial charge on any atom is -0.391 e. The summed E-state index contributed by atoms with van der Waals surface area (Å²) in [5, 5.41) is 33.3. The highest BCUT2D eigenvalue weighted by atomic mass is 16.3. The summed E-state index contributed by atoms with van der Waals surface area (Å²) in [6.45, 7) is 7.29. The molecule has 1 fully saturated rings. The topological polar surface area (TPSA) is 386 Å². The largest absolute Gasteiger partial charge is 0.391 e. The molecule has 1 rings (SSSR count). The molecule has 9 amide bonds. The molecule has 0 aromatic heterocycles. The van der Waals surface area contributed by atoms with Crippen molar-refractivity contribution < 1.29 is 48.3 Å². The number of hydrogen-bond donors (Lipinski definition) is 14. The van der Waals surface area contributed by atoms with Crippen molar-refractivity contribution in [3.8, 4) is 0 Å². The molecule has 1 saturated heterocycles. The molecule has 0 aliphatic carbocycles. The van der Waals surface area contributed by atoms with Crippen LogP contribution in [0.1, 0.15) is 86.0 Å². The molecule has 0 saturated carbocycles. The van der Waals surface area contributed by atoms with Gasteiger partial charge in [0.15, 0.2) is 0 Å². The Hall–Kier alpha value is -4.97. The number of carbonyl (C=O) groups is 9. The lowest BCUT2D eigenvalue weighted by atomic mass is 10.0. The van der Waals surface area contributed by atoms with E-state index in [-0.39, 0.29) is 83.6 Å². The van der Waals surface area contributed by atoms with E-state index in [2.05, 4.69) is 47.9 Å². The van der Waals surface area contributed by atoms with E-state index in [0.717, 1.165) is 0 Å². The second kappa shape index (κ2) is 27.7. The van der Waals surface area contributed by atoms with Gasteiger partial charge in [0.1, 0.15) is 48.3 Å². The van der Waals surface area contributed by atoms with Crippen LogP contribution in [0.2, 0.25) is 0 Å². The van der Waals surface area contributed by atoms with Crippen molar-refractivity contribution in [3.63, 3.8) is 0 Å². The Balaban J connectivity index is 3.76. The summed E-state index contributed by atoms with van der Waals surface area (Å²) in [4.78, 5) is 121. The van der Waals surface area contributed by atoms with E-state index in [9.17, 15) is 48.3 Å². The van der Waals surface area contributed by atoms with Crippen LogP contribution in [0, 0.1) is 5.92 Å². The first kappa shape index (κ1) is 53.0. The van der Waals surface area contributed by atoms with Crippen LogP contribution in [0.5, 0.6) is 0 Å². The van der Waals surface area contributed by atoms with Crippen molar-refractivity contribution in [2.45, 2.75) is 140 Å². The third-order valence-corrected chi connectivity index (χ3v) is 9.44. The van der Waals surface area contributed by atoms with E-state index in [1.807, 2.05) is 0 Å². The lowest BCUT2D eigenvalue weighted by molar-refractivity contribution is -0.136. The van der Waals surface area contributed by atoms with Gasteiger partial charge in [-0.1, -0.05) is 27.7 Å². The van der Waals surface area contributed by atoms with Crippen molar-refractivity contribution in [1.82, 2.24) is 47.9 Å². The zero-order valence-electron chi connectivity index (χ0n) is 35.4. The molecule has 1 aliphatic rings. The van der Waals surface area contributed by atoms with Gasteiger partial charge in [0, 0.05) is 19.5 Å². The quantitative estimate of drug-likeness (QED) is 0.0688. The lowest BCUT2D eigenvalue weighted by Gasteiger charge is -2.28. The molecular formula is C37H69N13O10. The maximum atomic E-state index is 13.9. The number of nitrogens with two attached hydrogens (primary N) is 4. The Morgan fingerprint density at radius 2 is 1.12 bits per heavy atom. The standard InChI is InChI=1S/C37H69N13O10/c1-6-8-28(52)43-27(18-41)36(59)48-25-12-16-42-37(60)29(20(5)51)50-34(57)24(11-15-40)47-31(54)22(9-13-38)45-30(53)21(7-2)44-35(58)26(17-19(3)4)49-32(55)23(10-14-39)46-33(25)56/h19-27,29,51H,6-18,38-41H2,1-5H3,(H,42,60)(H,43,52)(H,44,58)(H,45,53)(H,46,56)(H,47,54)(H,48,59)(H,49,55)(H,50,57)/t20-,21+,22+,23+,24?,25+,26-,27+,29+/m1/s1. The normalized spacial score (nSPS) is 25.6. The summed E-state index contributed by atoms with van der Waals surface area (Å²) < 4.78 is 0. The number of rotatable bonds is 16. The van der Waals surface area contributed by atoms with Crippen LogP contribution in [0.25, 0.3) is 0 Å². The van der Waals surface area contributed by atoms with Gasteiger partial charge in [0.25, 0.3) is 0 Å². The Kier molecular flexibility index (Phi) is 24.5. The van der Waals surface area contributed by atoms with Crippen molar-refractivity contribution in [1.29, 1.82) is 0 Å². The van der Waals surface area contributed by atoms with Crippen LogP contribution >= 0.6 is 0 Å². The Bertz CT molecular complexity index is 1470. The average Bonchev–Trinajstić information content (AvgIpc) is 3.18. The highest BCUT2D eigenvalue weighted by molar-refractivity contribution is 5.98. The van der Waals surface area contributed by atoms with E-state index in [0.29, 0.717) is 6.42 Å². The monoisotopic (exact) mass is 856 g/mol. The molecule has 18 N–H and O–H groups in total. The second-order valence-corrected chi connectivity index (χ2v) is 15.0. The summed E-state index contributed by atoms with van der Waals surface area (Å²) in [7, 11) is 0. The van der Waals surface area contributed by atoms with Crippen LogP contribution in [-0.4, -0.2) is 145 Å². The van der Waals surface area contributed by atoms with Gasteiger partial charge in [-0.25, -0.2) is 0 Å². The van der Waals surface area contributed by atoms with Gasteiger partial charge in [-0.15, -0.1) is 0 Å². The molecule has 60 heavy (non-hydrogen) atoms. The maximum absolute atomic E-state index is 13.9. The molecular weight excluding hydrogens is 786 g/mol. The zero-order chi connectivity index (χ0) is 45.5. The number of aliphatic hydroxyl groups excluding tert-OH is 1. The number of amides is 9. The third-order valence-electron chi connectivity index (χ3n) is 9.44. The van der Waals surface area contributed by atoms with Crippen LogP contribution in [0.15, 0.2) is 0 Å².